The van der Waals surface area contributed by atoms with Gasteiger partial charge in [-0.15, -0.1) is 0 Å². The fourth-order valence-electron chi connectivity index (χ4n) is 1.46. The summed E-state index contributed by atoms with van der Waals surface area (Å²) in [4.78, 5) is 11.9. The summed E-state index contributed by atoms with van der Waals surface area (Å²) >= 11 is 0. The lowest BCUT2D eigenvalue weighted by Gasteiger charge is -2.26. The number of hydrogen-bond acceptors (Lipinski definition) is 4. The number of amides is 1. The molecule has 0 spiro atoms. The molecule has 0 saturated heterocycles. The summed E-state index contributed by atoms with van der Waals surface area (Å²) < 4.78 is 10.7. The number of nitrogens with one attached hydrogen (secondary N) is 1. The van der Waals surface area contributed by atoms with Crippen LogP contribution in [-0.4, -0.2) is 37.5 Å². The molecule has 0 unspecified atom stereocenters. The van der Waals surface area contributed by atoms with E-state index in [1.54, 1.807) is 0 Å². The molecule has 0 bridgehead atoms. The SMILES string of the molecule is CCOC(CNC(=O)C(N)(CC)CC)OCC. The van der Waals surface area contributed by atoms with Crippen molar-refractivity contribution >= 4 is 5.91 Å². The molecule has 0 aromatic heterocycles. The smallest absolute Gasteiger partial charge is 0.240 e. The van der Waals surface area contributed by atoms with Crippen molar-refractivity contribution in [2.75, 3.05) is 19.8 Å². The predicted molar refractivity (Wildman–Crippen MR) is 67.6 cm³/mol. The summed E-state index contributed by atoms with van der Waals surface area (Å²) in [7, 11) is 0. The van der Waals surface area contributed by atoms with E-state index in [0.717, 1.165) is 0 Å². The molecule has 0 aromatic rings. The highest BCUT2D eigenvalue weighted by molar-refractivity contribution is 5.85. The number of rotatable bonds is 9. The van der Waals surface area contributed by atoms with Crippen molar-refractivity contribution in [3.05, 3.63) is 0 Å². The second kappa shape index (κ2) is 8.44. The first-order valence-corrected chi connectivity index (χ1v) is 6.34. The molecule has 5 nitrogen and oxygen atoms in total. The van der Waals surface area contributed by atoms with E-state index in [2.05, 4.69) is 5.32 Å². The van der Waals surface area contributed by atoms with Crippen LogP contribution in [-0.2, 0) is 14.3 Å². The van der Waals surface area contributed by atoms with Crippen LogP contribution >= 0.6 is 0 Å². The van der Waals surface area contributed by atoms with Crippen molar-refractivity contribution in [1.29, 1.82) is 0 Å². The van der Waals surface area contributed by atoms with Crippen molar-refractivity contribution < 1.29 is 14.3 Å². The zero-order chi connectivity index (χ0) is 13.3. The number of carbonyl (C=O) groups is 1. The van der Waals surface area contributed by atoms with Crippen molar-refractivity contribution in [2.45, 2.75) is 52.4 Å². The summed E-state index contributed by atoms with van der Waals surface area (Å²) in [5.74, 6) is -0.146. The molecule has 0 aliphatic heterocycles. The predicted octanol–water partition coefficient (Wildman–Crippen LogP) is 1.02. The highest BCUT2D eigenvalue weighted by Crippen LogP contribution is 2.11. The molecule has 5 heteroatoms. The van der Waals surface area contributed by atoms with Gasteiger partial charge in [0.2, 0.25) is 5.91 Å². The largest absolute Gasteiger partial charge is 0.351 e. The maximum atomic E-state index is 11.9. The Morgan fingerprint density at radius 1 is 1.18 bits per heavy atom. The molecule has 0 rings (SSSR count). The molecule has 0 saturated carbocycles. The maximum Gasteiger partial charge on any atom is 0.240 e. The summed E-state index contributed by atoms with van der Waals surface area (Å²) in [6.45, 7) is 9.03. The molecule has 17 heavy (non-hydrogen) atoms. The van der Waals surface area contributed by atoms with Crippen LogP contribution in [0.25, 0.3) is 0 Å². The normalized spacial score (nSPS) is 11.9. The van der Waals surface area contributed by atoms with Crippen LogP contribution in [0.5, 0.6) is 0 Å². The zero-order valence-corrected chi connectivity index (χ0v) is 11.4. The van der Waals surface area contributed by atoms with Gasteiger partial charge in [-0.05, 0) is 26.7 Å². The molecule has 0 heterocycles. The first-order valence-electron chi connectivity index (χ1n) is 6.34. The number of hydrogen-bond donors (Lipinski definition) is 2. The fourth-order valence-corrected chi connectivity index (χ4v) is 1.46. The summed E-state index contributed by atoms with van der Waals surface area (Å²) in [6, 6.07) is 0. The number of nitrogens with two attached hydrogens (primary N) is 1. The Bertz CT molecular complexity index is 212. The van der Waals surface area contributed by atoms with Gasteiger partial charge < -0.3 is 20.5 Å². The molecule has 0 atom stereocenters. The first kappa shape index (κ1) is 16.4. The Kier molecular flexibility index (Phi) is 8.12. The van der Waals surface area contributed by atoms with Crippen molar-refractivity contribution in [1.82, 2.24) is 5.32 Å². The van der Waals surface area contributed by atoms with Gasteiger partial charge >= 0.3 is 0 Å². The van der Waals surface area contributed by atoms with Crippen LogP contribution in [0, 0.1) is 0 Å². The van der Waals surface area contributed by atoms with E-state index in [1.807, 2.05) is 27.7 Å². The van der Waals surface area contributed by atoms with Gasteiger partial charge in [0.25, 0.3) is 0 Å². The van der Waals surface area contributed by atoms with Gasteiger partial charge in [0, 0.05) is 13.2 Å². The molecule has 0 radical (unpaired) electrons. The quantitative estimate of drug-likeness (QED) is 0.596. The second-order valence-electron chi connectivity index (χ2n) is 3.91. The topological polar surface area (TPSA) is 73.6 Å². The average molecular weight is 246 g/mol. The molecule has 0 aliphatic rings. The third kappa shape index (κ3) is 5.48. The highest BCUT2D eigenvalue weighted by Gasteiger charge is 2.30. The van der Waals surface area contributed by atoms with Crippen LogP contribution < -0.4 is 11.1 Å². The third-order valence-corrected chi connectivity index (χ3v) is 2.85. The monoisotopic (exact) mass is 246 g/mol. The lowest BCUT2D eigenvalue weighted by atomic mass is 9.93. The van der Waals surface area contributed by atoms with Gasteiger partial charge in [-0.25, -0.2) is 0 Å². The van der Waals surface area contributed by atoms with Crippen LogP contribution in [0.1, 0.15) is 40.5 Å². The summed E-state index contributed by atoms with van der Waals surface area (Å²) in [5, 5.41) is 2.78. The molecule has 0 aliphatic carbocycles. The van der Waals surface area contributed by atoms with Gasteiger partial charge in [0.05, 0.1) is 12.1 Å². The van der Waals surface area contributed by atoms with E-state index in [0.29, 0.717) is 32.6 Å². The van der Waals surface area contributed by atoms with Gasteiger partial charge in [-0.1, -0.05) is 13.8 Å². The van der Waals surface area contributed by atoms with E-state index in [-0.39, 0.29) is 5.91 Å². The number of carbonyl (C=O) groups excluding carboxylic acids is 1. The van der Waals surface area contributed by atoms with E-state index >= 15 is 0 Å². The Morgan fingerprint density at radius 2 is 1.65 bits per heavy atom. The molecule has 102 valence electrons. The first-order chi connectivity index (χ1) is 8.03. The van der Waals surface area contributed by atoms with Crippen LogP contribution in [0.15, 0.2) is 0 Å². The Hall–Kier alpha value is -0.650. The van der Waals surface area contributed by atoms with Crippen molar-refractivity contribution in [2.24, 2.45) is 5.73 Å². The Labute approximate surface area is 104 Å². The Balaban J connectivity index is 4.19. The van der Waals surface area contributed by atoms with Gasteiger partial charge in [-0.3, -0.25) is 4.79 Å². The lowest BCUT2D eigenvalue weighted by molar-refractivity contribution is -0.143. The third-order valence-electron chi connectivity index (χ3n) is 2.85. The molecule has 1 amide bonds. The highest BCUT2D eigenvalue weighted by atomic mass is 16.7. The van der Waals surface area contributed by atoms with E-state index < -0.39 is 11.8 Å². The van der Waals surface area contributed by atoms with E-state index in [4.69, 9.17) is 15.2 Å². The van der Waals surface area contributed by atoms with E-state index in [9.17, 15) is 4.79 Å². The lowest BCUT2D eigenvalue weighted by Crippen LogP contribution is -2.54. The zero-order valence-electron chi connectivity index (χ0n) is 11.4. The summed E-state index contributed by atoms with van der Waals surface area (Å²) in [6.07, 6.45) is 0.832. The minimum Gasteiger partial charge on any atom is -0.351 e. The minimum absolute atomic E-state index is 0.146. The molecular formula is C12H26N2O3. The molecule has 0 aromatic carbocycles. The van der Waals surface area contributed by atoms with Crippen LogP contribution in [0.2, 0.25) is 0 Å². The minimum atomic E-state index is -0.789. The molecule has 0 fully saturated rings. The molecule has 3 N–H and O–H groups in total. The fraction of sp³-hybridized carbons (Fsp3) is 0.917. The molecular weight excluding hydrogens is 220 g/mol. The van der Waals surface area contributed by atoms with Gasteiger partial charge in [0.1, 0.15) is 0 Å². The van der Waals surface area contributed by atoms with Crippen molar-refractivity contribution in [3.8, 4) is 0 Å². The van der Waals surface area contributed by atoms with E-state index in [1.165, 1.54) is 0 Å². The van der Waals surface area contributed by atoms with Crippen LogP contribution in [0.3, 0.4) is 0 Å². The Morgan fingerprint density at radius 3 is 2.00 bits per heavy atom. The van der Waals surface area contributed by atoms with Crippen LogP contribution in [0.4, 0.5) is 0 Å². The van der Waals surface area contributed by atoms with Crippen molar-refractivity contribution in [3.63, 3.8) is 0 Å². The maximum absolute atomic E-state index is 11.9. The van der Waals surface area contributed by atoms with Gasteiger partial charge in [0.15, 0.2) is 6.29 Å². The van der Waals surface area contributed by atoms with Gasteiger partial charge in [-0.2, -0.15) is 0 Å². The average Bonchev–Trinajstić information content (AvgIpc) is 2.35. The number of ether oxygens (including phenoxy) is 2. The second-order valence-corrected chi connectivity index (χ2v) is 3.91. The standard InChI is InChI=1S/C12H26N2O3/c1-5-12(13,6-2)11(15)14-9-10(16-7-3)17-8-4/h10H,5-9,13H2,1-4H3,(H,14,15). The summed E-state index contributed by atoms with van der Waals surface area (Å²) in [5.41, 5.74) is 5.19.